The molecule has 0 aliphatic heterocycles. The van der Waals surface area contributed by atoms with Crippen LogP contribution in [0.25, 0.3) is 21.1 Å². The van der Waals surface area contributed by atoms with E-state index >= 15 is 0 Å². The summed E-state index contributed by atoms with van der Waals surface area (Å²) in [5.74, 6) is 0.814. The number of anilines is 1. The minimum absolute atomic E-state index is 0.0648. The second-order valence-electron chi connectivity index (χ2n) is 7.43. The first-order chi connectivity index (χ1) is 15.2. The zero-order valence-electron chi connectivity index (χ0n) is 17.6. The van der Waals surface area contributed by atoms with Gasteiger partial charge < -0.3 is 20.9 Å². The highest BCUT2D eigenvalue weighted by molar-refractivity contribution is 7.17. The van der Waals surface area contributed by atoms with Crippen molar-refractivity contribution in [2.75, 3.05) is 11.9 Å². The number of halogens is 2. The maximum absolute atomic E-state index is 9.50. The minimum atomic E-state index is -0.724. The zero-order chi connectivity index (χ0) is 23.4. The van der Waals surface area contributed by atoms with Crippen LogP contribution in [0.4, 0.5) is 5.82 Å². The molecule has 0 aliphatic rings. The van der Waals surface area contributed by atoms with Crippen LogP contribution in [0, 0.1) is 11.3 Å². The highest BCUT2D eigenvalue weighted by Crippen LogP contribution is 2.39. The van der Waals surface area contributed by atoms with E-state index in [0.29, 0.717) is 42.6 Å². The van der Waals surface area contributed by atoms with Crippen molar-refractivity contribution in [3.05, 3.63) is 40.0 Å². The number of ether oxygens (including phenoxy) is 1. The van der Waals surface area contributed by atoms with Crippen molar-refractivity contribution in [1.82, 2.24) is 15.2 Å². The third kappa shape index (κ3) is 5.65. The topological polar surface area (TPSA) is 130 Å². The Morgan fingerprint density at radius 1 is 1.16 bits per heavy atom. The third-order valence-electron chi connectivity index (χ3n) is 4.39. The summed E-state index contributed by atoms with van der Waals surface area (Å²) in [6, 6.07) is 6.82. The average Bonchev–Trinajstić information content (AvgIpc) is 3.23. The molecule has 0 aliphatic carbocycles. The van der Waals surface area contributed by atoms with Gasteiger partial charge in [0.05, 0.1) is 27.8 Å². The van der Waals surface area contributed by atoms with Gasteiger partial charge in [0, 0.05) is 23.4 Å². The van der Waals surface area contributed by atoms with Crippen molar-refractivity contribution in [1.29, 1.82) is 5.26 Å². The highest BCUT2D eigenvalue weighted by atomic mass is 35.5. The lowest BCUT2D eigenvalue weighted by Crippen LogP contribution is -2.38. The summed E-state index contributed by atoms with van der Waals surface area (Å²) >= 11 is 14.0. The smallest absolute Gasteiger partial charge is 0.156 e. The van der Waals surface area contributed by atoms with Gasteiger partial charge in [-0.05, 0) is 39.0 Å². The van der Waals surface area contributed by atoms with E-state index in [1.807, 2.05) is 13.8 Å². The van der Waals surface area contributed by atoms with E-state index in [0.717, 1.165) is 0 Å². The van der Waals surface area contributed by atoms with Gasteiger partial charge in [0.15, 0.2) is 5.75 Å². The maximum atomic E-state index is 9.50. The van der Waals surface area contributed by atoms with E-state index < -0.39 is 12.1 Å². The van der Waals surface area contributed by atoms with E-state index in [2.05, 4.69) is 26.6 Å². The van der Waals surface area contributed by atoms with E-state index in [9.17, 15) is 10.4 Å². The normalized spacial score (nSPS) is 13.0. The average molecular weight is 493 g/mol. The summed E-state index contributed by atoms with van der Waals surface area (Å²) in [5.41, 5.74) is 7.57. The molecule has 0 unspecified atom stereocenters. The molecule has 0 fully saturated rings. The first-order valence-electron chi connectivity index (χ1n) is 9.76. The van der Waals surface area contributed by atoms with E-state index in [4.69, 9.17) is 33.7 Å². The summed E-state index contributed by atoms with van der Waals surface area (Å²) in [6.07, 6.45) is 0.927. The molecule has 4 N–H and O–H groups in total. The van der Waals surface area contributed by atoms with Gasteiger partial charge in [0.1, 0.15) is 28.5 Å². The van der Waals surface area contributed by atoms with Crippen molar-refractivity contribution >= 4 is 40.4 Å². The van der Waals surface area contributed by atoms with Gasteiger partial charge in [0.2, 0.25) is 0 Å². The van der Waals surface area contributed by atoms with Crippen LogP contribution in [-0.2, 0) is 0 Å². The Hall–Kier alpha value is -2.48. The molecule has 0 spiro atoms. The molecular formula is C21H22Cl2N6O2S. The zero-order valence-corrected chi connectivity index (χ0v) is 20.0. The molecule has 0 bridgehead atoms. The number of nitrogens with zero attached hydrogens (tertiary/aromatic N) is 4. The third-order valence-corrected chi connectivity index (χ3v) is 5.97. The van der Waals surface area contributed by atoms with E-state index in [-0.39, 0.29) is 18.4 Å². The Balaban J connectivity index is 1.85. The summed E-state index contributed by atoms with van der Waals surface area (Å²) < 4.78 is 5.59. The molecule has 0 saturated heterocycles. The summed E-state index contributed by atoms with van der Waals surface area (Å²) in [6.45, 7) is 5.59. The second-order valence-corrected chi connectivity index (χ2v) is 9.22. The molecule has 0 saturated carbocycles. The fourth-order valence-corrected chi connectivity index (χ4v) is 4.06. The van der Waals surface area contributed by atoms with Crippen molar-refractivity contribution < 1.29 is 9.84 Å². The number of aliphatic hydroxyl groups is 1. The molecule has 0 radical (unpaired) electrons. The molecule has 2 heterocycles. The van der Waals surface area contributed by atoms with Gasteiger partial charge in [-0.3, -0.25) is 0 Å². The largest absolute Gasteiger partial charge is 0.489 e. The minimum Gasteiger partial charge on any atom is -0.489 e. The van der Waals surface area contributed by atoms with Gasteiger partial charge >= 0.3 is 0 Å². The number of benzene rings is 1. The number of aromatic nitrogens is 3. The molecule has 32 heavy (non-hydrogen) atoms. The van der Waals surface area contributed by atoms with Crippen LogP contribution in [0.5, 0.6) is 5.75 Å². The van der Waals surface area contributed by atoms with Crippen molar-refractivity contribution in [3.8, 4) is 33.0 Å². The standard InChI is InChI=1S/C21H22Cl2N6O2S/c1-10(2)27-19-13(7-24)4-14(8-26-19)21-29-28-20(32-21)12-5-15(22)18(16(23)6-12)31-9-17(25)11(3)30/h4-6,8,10-11,17,30H,9,25H2,1-3H3,(H,26,27)/t11-,17+/m1/s1. The van der Waals surface area contributed by atoms with E-state index in [1.165, 1.54) is 11.3 Å². The molecule has 11 heteroatoms. The van der Waals surface area contributed by atoms with Gasteiger partial charge in [-0.15, -0.1) is 10.2 Å². The van der Waals surface area contributed by atoms with Crippen LogP contribution < -0.4 is 15.8 Å². The first-order valence-corrected chi connectivity index (χ1v) is 11.3. The van der Waals surface area contributed by atoms with Crippen LogP contribution in [-0.4, -0.2) is 45.1 Å². The number of rotatable bonds is 8. The summed E-state index contributed by atoms with van der Waals surface area (Å²) in [7, 11) is 0. The van der Waals surface area contributed by atoms with Gasteiger partial charge in [0.25, 0.3) is 0 Å². The number of aliphatic hydroxyl groups excluding tert-OH is 1. The Labute approximate surface area is 200 Å². The van der Waals surface area contributed by atoms with E-state index in [1.54, 1.807) is 31.3 Å². The number of nitriles is 1. The lowest BCUT2D eigenvalue weighted by Gasteiger charge is -2.17. The quantitative estimate of drug-likeness (QED) is 0.422. The number of hydrogen-bond donors (Lipinski definition) is 3. The molecule has 2 aromatic heterocycles. The number of nitrogens with two attached hydrogens (primary N) is 1. The summed E-state index contributed by atoms with van der Waals surface area (Å²) in [4.78, 5) is 4.35. The summed E-state index contributed by atoms with van der Waals surface area (Å²) in [5, 5.41) is 32.3. The van der Waals surface area contributed by atoms with Crippen LogP contribution >= 0.6 is 34.5 Å². The van der Waals surface area contributed by atoms with Crippen LogP contribution in [0.15, 0.2) is 24.4 Å². The lowest BCUT2D eigenvalue weighted by molar-refractivity contribution is 0.131. The molecule has 0 amide bonds. The Kier molecular flexibility index (Phi) is 7.87. The Bertz CT molecular complexity index is 1120. The molecule has 1 aromatic carbocycles. The fourth-order valence-electron chi connectivity index (χ4n) is 2.65. The monoisotopic (exact) mass is 492 g/mol. The van der Waals surface area contributed by atoms with Crippen molar-refractivity contribution in [2.45, 2.75) is 39.0 Å². The SMILES string of the molecule is CC(C)Nc1ncc(-c2nnc(-c3cc(Cl)c(OC[C@H](N)[C@@H](C)O)c(Cl)c3)s2)cc1C#N. The molecule has 2 atom stereocenters. The van der Waals surface area contributed by atoms with Crippen molar-refractivity contribution in [3.63, 3.8) is 0 Å². The number of pyridine rings is 1. The molecule has 3 rings (SSSR count). The molecule has 8 nitrogen and oxygen atoms in total. The van der Waals surface area contributed by atoms with Gasteiger partial charge in [-0.25, -0.2) is 4.98 Å². The fraction of sp³-hybridized carbons (Fsp3) is 0.333. The molecule has 3 aromatic rings. The predicted octanol–water partition coefficient (Wildman–Crippen LogP) is 4.35. The first kappa shape index (κ1) is 24.2. The Morgan fingerprint density at radius 2 is 1.78 bits per heavy atom. The molecule has 168 valence electrons. The number of hydrogen-bond acceptors (Lipinski definition) is 9. The van der Waals surface area contributed by atoms with Crippen LogP contribution in [0.1, 0.15) is 26.3 Å². The number of nitrogens with one attached hydrogen (secondary N) is 1. The maximum Gasteiger partial charge on any atom is 0.156 e. The predicted molar refractivity (Wildman–Crippen MR) is 127 cm³/mol. The van der Waals surface area contributed by atoms with Crippen LogP contribution in [0.3, 0.4) is 0 Å². The highest BCUT2D eigenvalue weighted by Gasteiger charge is 2.18. The second kappa shape index (κ2) is 10.4. The van der Waals surface area contributed by atoms with Crippen LogP contribution in [0.2, 0.25) is 10.0 Å². The lowest BCUT2D eigenvalue weighted by atomic mass is 10.2. The van der Waals surface area contributed by atoms with Gasteiger partial charge in [-0.2, -0.15) is 5.26 Å². The van der Waals surface area contributed by atoms with Crippen molar-refractivity contribution in [2.24, 2.45) is 5.73 Å². The Morgan fingerprint density at radius 3 is 2.34 bits per heavy atom. The molecular weight excluding hydrogens is 471 g/mol. The van der Waals surface area contributed by atoms with Gasteiger partial charge in [-0.1, -0.05) is 34.5 Å².